The van der Waals surface area contributed by atoms with Gasteiger partial charge in [-0.15, -0.1) is 12.2 Å². The largest absolute Gasteiger partial charge is 0.497 e. The topological polar surface area (TPSA) is 18.5 Å². The summed E-state index contributed by atoms with van der Waals surface area (Å²) in [6.45, 7) is 6.38. The molecule has 0 bridgehead atoms. The summed E-state index contributed by atoms with van der Waals surface area (Å²) >= 11 is 10.5. The summed E-state index contributed by atoms with van der Waals surface area (Å²) in [5.74, 6) is 1.06. The van der Waals surface area contributed by atoms with Crippen molar-refractivity contribution in [2.24, 2.45) is 5.92 Å². The number of thiol groups is 1. The van der Waals surface area contributed by atoms with E-state index in [0.29, 0.717) is 0 Å². The fraction of sp³-hybridized carbons (Fsp3) is 0.333. The Kier molecular flexibility index (Phi) is 5.96. The molecule has 0 saturated heterocycles. The quantitative estimate of drug-likeness (QED) is 0.563. The maximum absolute atomic E-state index is 6.48. The Hall–Kier alpha value is -0.800. The smallest absolute Gasteiger partial charge is 0.146 e. The summed E-state index contributed by atoms with van der Waals surface area (Å²) in [6, 6.07) is 17.9. The predicted octanol–water partition coefficient (Wildman–Crippen LogP) is 5.15. The van der Waals surface area contributed by atoms with E-state index in [1.165, 1.54) is 0 Å². The molecule has 0 spiro atoms. The Morgan fingerprint density at radius 1 is 1.04 bits per heavy atom. The van der Waals surface area contributed by atoms with E-state index in [1.807, 2.05) is 42.5 Å². The van der Waals surface area contributed by atoms with E-state index in [1.54, 1.807) is 7.11 Å². The Bertz CT molecular complexity index is 686. The van der Waals surface area contributed by atoms with Crippen molar-refractivity contribution in [3.63, 3.8) is 0 Å². The van der Waals surface area contributed by atoms with Crippen molar-refractivity contribution in [1.29, 1.82) is 0 Å². The van der Waals surface area contributed by atoms with E-state index in [2.05, 4.69) is 32.9 Å². The lowest BCUT2D eigenvalue weighted by atomic mass is 9.85. The highest BCUT2D eigenvalue weighted by molar-refractivity contribution is 8.64. The minimum atomic E-state index is -2.44. The van der Waals surface area contributed by atoms with Crippen molar-refractivity contribution in [1.82, 2.24) is 0 Å². The minimum absolute atomic E-state index is 0.262. The normalized spacial score (nSPS) is 16.6. The van der Waals surface area contributed by atoms with Gasteiger partial charge in [-0.2, -0.15) is 0 Å². The van der Waals surface area contributed by atoms with Crippen molar-refractivity contribution in [2.75, 3.05) is 7.11 Å². The molecule has 5 heteroatoms. The van der Waals surface area contributed by atoms with Crippen LogP contribution in [0, 0.1) is 5.92 Å². The molecule has 0 aliphatic heterocycles. The maximum Gasteiger partial charge on any atom is 0.146 e. The van der Waals surface area contributed by atoms with Crippen LogP contribution in [0.5, 0.6) is 5.75 Å². The van der Waals surface area contributed by atoms with Crippen LogP contribution in [0.2, 0.25) is 0 Å². The number of hydrogen-bond donors (Lipinski definition) is 1. The molecular formula is C18H23O2PS2. The average Bonchev–Trinajstić information content (AvgIpc) is 2.55. The second-order valence-electron chi connectivity index (χ2n) is 5.94. The minimum Gasteiger partial charge on any atom is -0.497 e. The zero-order chi connectivity index (χ0) is 17.1. The predicted molar refractivity (Wildman–Crippen MR) is 106 cm³/mol. The van der Waals surface area contributed by atoms with Gasteiger partial charge in [-0.25, -0.2) is 0 Å². The molecule has 0 amide bonds. The van der Waals surface area contributed by atoms with E-state index in [9.17, 15) is 0 Å². The molecule has 2 atom stereocenters. The molecular weight excluding hydrogens is 343 g/mol. The Morgan fingerprint density at radius 3 is 2.09 bits per heavy atom. The van der Waals surface area contributed by atoms with Crippen LogP contribution in [-0.2, 0) is 21.9 Å². The summed E-state index contributed by atoms with van der Waals surface area (Å²) < 4.78 is 11.7. The molecule has 124 valence electrons. The number of benzene rings is 2. The van der Waals surface area contributed by atoms with Crippen LogP contribution in [0.15, 0.2) is 54.6 Å². The molecule has 0 aromatic heterocycles. The molecule has 0 N–H and O–H groups in total. The molecule has 0 radical (unpaired) electrons. The van der Waals surface area contributed by atoms with Crippen LogP contribution in [0.4, 0.5) is 0 Å². The average molecular weight is 366 g/mol. The first kappa shape index (κ1) is 18.5. The van der Waals surface area contributed by atoms with Crippen LogP contribution in [-0.4, -0.2) is 7.11 Å². The van der Waals surface area contributed by atoms with Crippen molar-refractivity contribution in [3.05, 3.63) is 60.2 Å². The second kappa shape index (κ2) is 7.40. The number of hydrogen-bond acceptors (Lipinski definition) is 3. The molecule has 2 aromatic carbocycles. The number of ether oxygens (including phenoxy) is 1. The zero-order valence-electron chi connectivity index (χ0n) is 13.9. The first-order valence-electron chi connectivity index (χ1n) is 7.53. The van der Waals surface area contributed by atoms with Gasteiger partial charge in [0.05, 0.1) is 12.7 Å². The van der Waals surface area contributed by atoms with Gasteiger partial charge in [-0.1, -0.05) is 56.0 Å². The fourth-order valence-corrected chi connectivity index (χ4v) is 5.54. The van der Waals surface area contributed by atoms with E-state index >= 15 is 0 Å². The molecule has 2 aromatic rings. The summed E-state index contributed by atoms with van der Waals surface area (Å²) in [5.41, 5.74) is -1.81. The Balaban J connectivity index is 2.36. The van der Waals surface area contributed by atoms with Gasteiger partial charge in [-0.05, 0) is 42.7 Å². The van der Waals surface area contributed by atoms with Crippen molar-refractivity contribution >= 4 is 34.8 Å². The molecule has 2 unspecified atom stereocenters. The van der Waals surface area contributed by atoms with Crippen LogP contribution in [0.3, 0.4) is 0 Å². The van der Waals surface area contributed by atoms with E-state index in [4.69, 9.17) is 33.3 Å². The highest BCUT2D eigenvalue weighted by Gasteiger charge is 2.36. The van der Waals surface area contributed by atoms with Gasteiger partial charge in [0.15, 0.2) is 0 Å². The first-order chi connectivity index (χ1) is 10.8. The number of rotatable bonds is 6. The summed E-state index contributed by atoms with van der Waals surface area (Å²) in [7, 11) is 1.65. The lowest BCUT2D eigenvalue weighted by molar-refractivity contribution is 0.0548. The molecule has 2 nitrogen and oxygen atoms in total. The fourth-order valence-electron chi connectivity index (χ4n) is 2.34. The second-order valence-corrected chi connectivity index (χ2v) is 11.7. The van der Waals surface area contributed by atoms with Crippen molar-refractivity contribution in [2.45, 2.75) is 26.4 Å². The van der Waals surface area contributed by atoms with Crippen LogP contribution in [0.25, 0.3) is 0 Å². The van der Waals surface area contributed by atoms with Crippen LogP contribution < -0.4 is 10.0 Å². The summed E-state index contributed by atoms with van der Waals surface area (Å²) in [4.78, 5) is 0. The molecule has 0 saturated carbocycles. The van der Waals surface area contributed by atoms with Gasteiger partial charge in [-0.3, -0.25) is 0 Å². The van der Waals surface area contributed by atoms with E-state index < -0.39 is 11.1 Å². The van der Waals surface area contributed by atoms with Gasteiger partial charge in [0.25, 0.3) is 0 Å². The Morgan fingerprint density at radius 2 is 1.61 bits per heavy atom. The highest BCUT2D eigenvalue weighted by Crippen LogP contribution is 2.57. The molecule has 0 fully saturated rings. The van der Waals surface area contributed by atoms with Crippen molar-refractivity contribution in [3.8, 4) is 5.75 Å². The van der Waals surface area contributed by atoms with Gasteiger partial charge >= 0.3 is 0 Å². The maximum atomic E-state index is 6.48. The summed E-state index contributed by atoms with van der Waals surface area (Å²) in [6.07, 6.45) is 0. The zero-order valence-corrected chi connectivity index (χ0v) is 16.5. The van der Waals surface area contributed by atoms with Crippen molar-refractivity contribution < 1.29 is 9.26 Å². The Labute approximate surface area is 149 Å². The highest BCUT2D eigenvalue weighted by atomic mass is 32.9. The van der Waals surface area contributed by atoms with Gasteiger partial charge in [0.1, 0.15) is 11.2 Å². The van der Waals surface area contributed by atoms with E-state index in [-0.39, 0.29) is 5.92 Å². The third-order valence-corrected chi connectivity index (χ3v) is 7.53. The van der Waals surface area contributed by atoms with Gasteiger partial charge in [0.2, 0.25) is 0 Å². The molecule has 0 aliphatic carbocycles. The molecule has 23 heavy (non-hydrogen) atoms. The van der Waals surface area contributed by atoms with Crippen LogP contribution >= 0.6 is 17.7 Å². The van der Waals surface area contributed by atoms with Gasteiger partial charge < -0.3 is 9.26 Å². The first-order valence-corrected chi connectivity index (χ1v) is 11.4. The molecule has 0 heterocycles. The molecule has 0 aliphatic rings. The van der Waals surface area contributed by atoms with E-state index in [0.717, 1.165) is 16.6 Å². The third-order valence-electron chi connectivity index (χ3n) is 4.16. The lowest BCUT2D eigenvalue weighted by Gasteiger charge is -2.38. The lowest BCUT2D eigenvalue weighted by Crippen LogP contribution is -2.31. The van der Waals surface area contributed by atoms with Gasteiger partial charge in [0, 0.05) is 5.30 Å². The SMILES string of the molecule is COc1ccc(P(=S)(S)OC(C)(c2ccccc2)C(C)C)cc1. The molecule has 2 rings (SSSR count). The third kappa shape index (κ3) is 4.19. The monoisotopic (exact) mass is 366 g/mol. The standard InChI is InChI=1S/C18H23O2PS2/c1-14(2)18(3,15-8-6-5-7-9-15)20-21(22,23)17-12-10-16(19-4)11-13-17/h5-14H,1-4H3,(H,22,23). The van der Waals surface area contributed by atoms with Crippen LogP contribution in [0.1, 0.15) is 26.3 Å². The summed E-state index contributed by atoms with van der Waals surface area (Å²) in [5, 5.41) is 0.930. The number of methoxy groups -OCH3 is 1.